The highest BCUT2D eigenvalue weighted by atomic mass is 32.2. The number of amides is 2. The lowest BCUT2D eigenvalue weighted by atomic mass is 10.0. The molecule has 4 nitrogen and oxygen atoms in total. The summed E-state index contributed by atoms with van der Waals surface area (Å²) in [4.78, 5) is 28.0. The molecule has 5 heteroatoms. The minimum absolute atomic E-state index is 0.0250. The van der Waals surface area contributed by atoms with Gasteiger partial charge in [0.05, 0.1) is 0 Å². The number of carbonyl (C=O) groups excluding carboxylic acids is 2. The Labute approximate surface area is 191 Å². The Morgan fingerprint density at radius 2 is 1.65 bits per heavy atom. The van der Waals surface area contributed by atoms with Crippen molar-refractivity contribution in [3.8, 4) is 0 Å². The lowest BCUT2D eigenvalue weighted by molar-refractivity contribution is -0.141. The van der Waals surface area contributed by atoms with Crippen LogP contribution in [-0.4, -0.2) is 34.0 Å². The van der Waals surface area contributed by atoms with E-state index < -0.39 is 6.04 Å². The average Bonchev–Trinajstić information content (AvgIpc) is 2.72. The first-order valence-electron chi connectivity index (χ1n) is 11.0. The fourth-order valence-electron chi connectivity index (χ4n) is 3.33. The van der Waals surface area contributed by atoms with E-state index in [1.807, 2.05) is 77.1 Å². The molecule has 0 spiro atoms. The molecule has 0 bridgehead atoms. The zero-order valence-corrected chi connectivity index (χ0v) is 20.3. The van der Waals surface area contributed by atoms with Gasteiger partial charge in [-0.1, -0.05) is 67.1 Å². The molecule has 2 amide bonds. The highest BCUT2D eigenvalue weighted by molar-refractivity contribution is 7.98. The summed E-state index contributed by atoms with van der Waals surface area (Å²) in [6, 6.07) is 18.0. The summed E-state index contributed by atoms with van der Waals surface area (Å²) < 4.78 is 0. The molecule has 0 fully saturated rings. The normalized spacial score (nSPS) is 12.3. The lowest BCUT2D eigenvalue weighted by Crippen LogP contribution is -2.53. The van der Waals surface area contributed by atoms with Crippen LogP contribution in [0.2, 0.25) is 0 Å². The molecule has 0 heterocycles. The van der Waals surface area contributed by atoms with Gasteiger partial charge in [0.1, 0.15) is 6.04 Å². The van der Waals surface area contributed by atoms with Gasteiger partial charge in [0.25, 0.3) is 0 Å². The Morgan fingerprint density at radius 3 is 2.23 bits per heavy atom. The van der Waals surface area contributed by atoms with Gasteiger partial charge in [0.2, 0.25) is 11.8 Å². The van der Waals surface area contributed by atoms with Gasteiger partial charge in [-0.2, -0.15) is 11.8 Å². The second-order valence-corrected chi connectivity index (χ2v) is 10.1. The number of rotatable bonds is 10. The SMILES string of the molecule is CC[C@H](C(=O)NC(C)(C)C)N(Cc1ccc(C)cc1)C(=O)CCSCc1ccccc1. The molecule has 0 aliphatic rings. The Kier molecular flexibility index (Phi) is 9.63. The molecule has 2 rings (SSSR count). The number of thioether (sulfide) groups is 1. The minimum Gasteiger partial charge on any atom is -0.350 e. The van der Waals surface area contributed by atoms with E-state index in [1.54, 1.807) is 16.7 Å². The van der Waals surface area contributed by atoms with Crippen molar-refractivity contribution in [2.24, 2.45) is 0 Å². The molecule has 1 atom stereocenters. The Morgan fingerprint density at radius 1 is 1.00 bits per heavy atom. The standard InChI is InChI=1S/C26H36N2O2S/c1-6-23(25(30)27-26(3,4)5)28(18-21-14-12-20(2)13-15-21)24(29)16-17-31-19-22-10-8-7-9-11-22/h7-15,23H,6,16-19H2,1-5H3,(H,27,30)/t23-/m1/s1. The van der Waals surface area contributed by atoms with Crippen LogP contribution in [0.4, 0.5) is 0 Å². The number of benzene rings is 2. The van der Waals surface area contributed by atoms with Gasteiger partial charge < -0.3 is 10.2 Å². The first-order chi connectivity index (χ1) is 14.7. The summed E-state index contributed by atoms with van der Waals surface area (Å²) >= 11 is 1.75. The second-order valence-electron chi connectivity index (χ2n) is 8.96. The number of carbonyl (C=O) groups is 2. The predicted molar refractivity (Wildman–Crippen MR) is 131 cm³/mol. The summed E-state index contributed by atoms with van der Waals surface area (Å²) in [5.74, 6) is 1.55. The van der Waals surface area contributed by atoms with E-state index in [9.17, 15) is 9.59 Å². The largest absolute Gasteiger partial charge is 0.350 e. The van der Waals surface area contributed by atoms with Crippen molar-refractivity contribution in [1.82, 2.24) is 10.2 Å². The monoisotopic (exact) mass is 440 g/mol. The molecule has 0 unspecified atom stereocenters. The van der Waals surface area contributed by atoms with E-state index in [4.69, 9.17) is 0 Å². The summed E-state index contributed by atoms with van der Waals surface area (Å²) in [6.45, 7) is 10.3. The van der Waals surface area contributed by atoms with Crippen molar-refractivity contribution in [2.75, 3.05) is 5.75 Å². The highest BCUT2D eigenvalue weighted by Crippen LogP contribution is 2.18. The van der Waals surface area contributed by atoms with Crippen LogP contribution >= 0.6 is 11.8 Å². The molecule has 2 aromatic rings. The maximum absolute atomic E-state index is 13.2. The molecular weight excluding hydrogens is 404 g/mol. The zero-order chi connectivity index (χ0) is 22.9. The summed E-state index contributed by atoms with van der Waals surface area (Å²) in [5, 5.41) is 3.05. The Hall–Kier alpha value is -2.27. The van der Waals surface area contributed by atoms with Gasteiger partial charge in [0.15, 0.2) is 0 Å². The van der Waals surface area contributed by atoms with Gasteiger partial charge in [-0.05, 0) is 45.2 Å². The fourth-order valence-corrected chi connectivity index (χ4v) is 4.22. The molecule has 0 aromatic heterocycles. The van der Waals surface area contributed by atoms with Crippen molar-refractivity contribution >= 4 is 23.6 Å². The molecule has 31 heavy (non-hydrogen) atoms. The van der Waals surface area contributed by atoms with Gasteiger partial charge >= 0.3 is 0 Å². The third kappa shape index (κ3) is 8.78. The average molecular weight is 441 g/mol. The number of hydrogen-bond acceptors (Lipinski definition) is 3. The topological polar surface area (TPSA) is 49.4 Å². The van der Waals surface area contributed by atoms with Crippen molar-refractivity contribution in [3.63, 3.8) is 0 Å². The van der Waals surface area contributed by atoms with Crippen LogP contribution in [0.1, 0.15) is 57.2 Å². The van der Waals surface area contributed by atoms with E-state index in [0.29, 0.717) is 19.4 Å². The smallest absolute Gasteiger partial charge is 0.243 e. The number of hydrogen-bond donors (Lipinski definition) is 1. The molecule has 0 aliphatic carbocycles. The van der Waals surface area contributed by atoms with Gasteiger partial charge in [-0.3, -0.25) is 9.59 Å². The number of nitrogens with zero attached hydrogens (tertiary/aromatic N) is 1. The molecule has 0 aliphatic heterocycles. The second kappa shape index (κ2) is 11.9. The van der Waals surface area contributed by atoms with Crippen LogP contribution in [0.3, 0.4) is 0 Å². The van der Waals surface area contributed by atoms with Crippen LogP contribution in [0.15, 0.2) is 54.6 Å². The molecule has 0 radical (unpaired) electrons. The van der Waals surface area contributed by atoms with Crippen LogP contribution < -0.4 is 5.32 Å². The van der Waals surface area contributed by atoms with Gasteiger partial charge in [0, 0.05) is 30.0 Å². The molecule has 0 saturated carbocycles. The quantitative estimate of drug-likeness (QED) is 0.507. The third-order valence-corrected chi connectivity index (χ3v) is 5.96. The number of aryl methyl sites for hydroxylation is 1. The molecule has 2 aromatic carbocycles. The van der Waals surface area contributed by atoms with E-state index in [0.717, 1.165) is 17.1 Å². The highest BCUT2D eigenvalue weighted by Gasteiger charge is 2.30. The van der Waals surface area contributed by atoms with Crippen molar-refractivity contribution in [3.05, 3.63) is 71.3 Å². The predicted octanol–water partition coefficient (Wildman–Crippen LogP) is 5.34. The van der Waals surface area contributed by atoms with Gasteiger partial charge in [-0.15, -0.1) is 0 Å². The molecule has 168 valence electrons. The summed E-state index contributed by atoms with van der Waals surface area (Å²) in [5.41, 5.74) is 3.14. The van der Waals surface area contributed by atoms with E-state index in [1.165, 1.54) is 11.1 Å². The molecule has 0 saturated heterocycles. The first kappa shape index (κ1) is 25.0. The maximum Gasteiger partial charge on any atom is 0.243 e. The zero-order valence-electron chi connectivity index (χ0n) is 19.5. The van der Waals surface area contributed by atoms with Crippen LogP contribution in [0.5, 0.6) is 0 Å². The van der Waals surface area contributed by atoms with Crippen LogP contribution in [-0.2, 0) is 21.9 Å². The van der Waals surface area contributed by atoms with Crippen molar-refractivity contribution in [2.45, 2.75) is 71.3 Å². The Balaban J connectivity index is 2.08. The lowest BCUT2D eigenvalue weighted by Gasteiger charge is -2.33. The van der Waals surface area contributed by atoms with E-state index >= 15 is 0 Å². The van der Waals surface area contributed by atoms with Crippen molar-refractivity contribution < 1.29 is 9.59 Å². The maximum atomic E-state index is 13.2. The third-order valence-electron chi connectivity index (χ3n) is 4.93. The van der Waals surface area contributed by atoms with Gasteiger partial charge in [-0.25, -0.2) is 0 Å². The van der Waals surface area contributed by atoms with E-state index in [-0.39, 0.29) is 17.4 Å². The molecule has 1 N–H and O–H groups in total. The summed E-state index contributed by atoms with van der Waals surface area (Å²) in [7, 11) is 0. The van der Waals surface area contributed by atoms with Crippen molar-refractivity contribution in [1.29, 1.82) is 0 Å². The number of nitrogens with one attached hydrogen (secondary N) is 1. The minimum atomic E-state index is -0.479. The van der Waals surface area contributed by atoms with Crippen LogP contribution in [0.25, 0.3) is 0 Å². The molecular formula is C26H36N2O2S. The van der Waals surface area contributed by atoms with E-state index in [2.05, 4.69) is 17.4 Å². The fraction of sp³-hybridized carbons (Fsp3) is 0.462. The van der Waals surface area contributed by atoms with Crippen LogP contribution in [0, 0.1) is 6.92 Å². The summed E-state index contributed by atoms with van der Waals surface area (Å²) in [6.07, 6.45) is 0.999. The first-order valence-corrected chi connectivity index (χ1v) is 12.1. The Bertz CT molecular complexity index is 829.